The summed E-state index contributed by atoms with van der Waals surface area (Å²) in [5.41, 5.74) is 0. The molecule has 0 amide bonds. The Hall–Kier alpha value is -0.320. The number of aromatic nitrogens is 1. The normalized spacial score (nSPS) is 20.5. The molecule has 1 aromatic heterocycles. The zero-order valence-electron chi connectivity index (χ0n) is 8.17. The molecular weight excluding hydrogens is 279 g/mol. The first-order chi connectivity index (χ1) is 7.25. The molecular formula is C10H12BrClN2O. The summed E-state index contributed by atoms with van der Waals surface area (Å²) in [7, 11) is 0. The van der Waals surface area contributed by atoms with Gasteiger partial charge in [-0.05, 0) is 35.0 Å². The molecule has 1 atom stereocenters. The Bertz CT molecular complexity index is 342. The van der Waals surface area contributed by atoms with Crippen molar-refractivity contribution >= 4 is 27.5 Å². The Morgan fingerprint density at radius 3 is 3.20 bits per heavy atom. The summed E-state index contributed by atoms with van der Waals surface area (Å²) in [6.07, 6.45) is 2.83. The second kappa shape index (κ2) is 5.14. The van der Waals surface area contributed by atoms with E-state index in [1.54, 1.807) is 6.20 Å². The molecule has 5 heteroatoms. The van der Waals surface area contributed by atoms with Crippen LogP contribution in [0.15, 0.2) is 16.7 Å². The number of pyridine rings is 1. The maximum Gasteiger partial charge on any atom is 0.143 e. The van der Waals surface area contributed by atoms with Crippen molar-refractivity contribution < 1.29 is 4.74 Å². The van der Waals surface area contributed by atoms with Crippen LogP contribution in [-0.2, 0) is 0 Å². The van der Waals surface area contributed by atoms with Crippen LogP contribution < -0.4 is 10.1 Å². The van der Waals surface area contributed by atoms with E-state index in [0.29, 0.717) is 11.1 Å². The minimum Gasteiger partial charge on any atom is -0.492 e. The third-order valence-corrected chi connectivity index (χ3v) is 3.55. The molecule has 1 saturated heterocycles. The second-order valence-corrected chi connectivity index (χ2v) is 4.83. The van der Waals surface area contributed by atoms with Crippen molar-refractivity contribution in [1.82, 2.24) is 10.3 Å². The Balaban J connectivity index is 1.90. The number of ether oxygens (including phenoxy) is 1. The molecule has 1 aromatic rings. The lowest BCUT2D eigenvalue weighted by Gasteiger charge is -2.10. The molecule has 0 radical (unpaired) electrons. The van der Waals surface area contributed by atoms with E-state index < -0.39 is 0 Å². The van der Waals surface area contributed by atoms with Crippen molar-refractivity contribution in [2.24, 2.45) is 5.92 Å². The minimum atomic E-state index is 0.463. The van der Waals surface area contributed by atoms with Gasteiger partial charge in [0.15, 0.2) is 0 Å². The fourth-order valence-corrected chi connectivity index (χ4v) is 1.98. The van der Waals surface area contributed by atoms with Gasteiger partial charge in [0.25, 0.3) is 0 Å². The largest absolute Gasteiger partial charge is 0.492 e. The van der Waals surface area contributed by atoms with Gasteiger partial charge in [0.05, 0.1) is 17.3 Å². The molecule has 15 heavy (non-hydrogen) atoms. The zero-order valence-corrected chi connectivity index (χ0v) is 10.5. The van der Waals surface area contributed by atoms with Crippen LogP contribution in [0.1, 0.15) is 6.42 Å². The van der Waals surface area contributed by atoms with Crippen LogP contribution in [0.25, 0.3) is 0 Å². The fraction of sp³-hybridized carbons (Fsp3) is 0.500. The number of nitrogens with one attached hydrogen (secondary N) is 1. The maximum atomic E-state index is 5.78. The summed E-state index contributed by atoms with van der Waals surface area (Å²) >= 11 is 9.10. The number of rotatable bonds is 3. The maximum absolute atomic E-state index is 5.78. The average Bonchev–Trinajstić information content (AvgIpc) is 2.73. The summed E-state index contributed by atoms with van der Waals surface area (Å²) in [5.74, 6) is 1.37. The van der Waals surface area contributed by atoms with Gasteiger partial charge in [-0.15, -0.1) is 0 Å². The van der Waals surface area contributed by atoms with Gasteiger partial charge in [0.2, 0.25) is 0 Å². The highest BCUT2D eigenvalue weighted by atomic mass is 79.9. The van der Waals surface area contributed by atoms with Crippen molar-refractivity contribution in [3.8, 4) is 5.75 Å². The quantitative estimate of drug-likeness (QED) is 0.869. The van der Waals surface area contributed by atoms with Crippen molar-refractivity contribution in [3.63, 3.8) is 0 Å². The fourth-order valence-electron chi connectivity index (χ4n) is 1.55. The van der Waals surface area contributed by atoms with Crippen LogP contribution in [0.5, 0.6) is 5.75 Å². The van der Waals surface area contributed by atoms with Crippen LogP contribution in [-0.4, -0.2) is 24.7 Å². The minimum absolute atomic E-state index is 0.463. The monoisotopic (exact) mass is 290 g/mol. The molecule has 82 valence electrons. The predicted octanol–water partition coefficient (Wildman–Crippen LogP) is 2.49. The molecule has 1 fully saturated rings. The first-order valence-corrected chi connectivity index (χ1v) is 6.07. The van der Waals surface area contributed by atoms with Crippen LogP contribution >= 0.6 is 27.5 Å². The number of halogens is 2. The molecule has 0 aliphatic carbocycles. The van der Waals surface area contributed by atoms with Gasteiger partial charge in [-0.2, -0.15) is 0 Å². The Morgan fingerprint density at radius 2 is 2.53 bits per heavy atom. The lowest BCUT2D eigenvalue weighted by molar-refractivity contribution is 0.259. The molecule has 1 aliphatic heterocycles. The molecule has 0 unspecified atom stereocenters. The molecule has 0 bridgehead atoms. The van der Waals surface area contributed by atoms with Crippen LogP contribution in [0.4, 0.5) is 0 Å². The number of hydrogen-bond donors (Lipinski definition) is 1. The highest BCUT2D eigenvalue weighted by Gasteiger charge is 2.15. The Kier molecular flexibility index (Phi) is 3.83. The molecule has 3 nitrogen and oxygen atoms in total. The van der Waals surface area contributed by atoms with Gasteiger partial charge in [-0.25, -0.2) is 4.98 Å². The van der Waals surface area contributed by atoms with Crippen molar-refractivity contribution in [1.29, 1.82) is 0 Å². The Labute approximate surface area is 102 Å². The van der Waals surface area contributed by atoms with Gasteiger partial charge in [-0.3, -0.25) is 0 Å². The lowest BCUT2D eigenvalue weighted by atomic mass is 10.1. The average molecular weight is 292 g/mol. The van der Waals surface area contributed by atoms with Crippen molar-refractivity contribution in [2.75, 3.05) is 19.7 Å². The van der Waals surface area contributed by atoms with Crippen LogP contribution in [0.2, 0.25) is 5.15 Å². The van der Waals surface area contributed by atoms with E-state index in [-0.39, 0.29) is 0 Å². The van der Waals surface area contributed by atoms with E-state index in [1.807, 2.05) is 6.07 Å². The molecule has 0 saturated carbocycles. The summed E-state index contributed by atoms with van der Waals surface area (Å²) in [6.45, 7) is 2.88. The molecule has 2 heterocycles. The standard InChI is InChI=1S/C10H12BrClN2O/c11-9-3-8(5-14-10(9)12)15-6-7-1-2-13-4-7/h3,5,7,13H,1-2,4,6H2/t7-/m0/s1. The third-order valence-electron chi connectivity index (χ3n) is 2.42. The topological polar surface area (TPSA) is 34.1 Å². The number of hydrogen-bond acceptors (Lipinski definition) is 3. The van der Waals surface area contributed by atoms with E-state index in [0.717, 1.165) is 29.9 Å². The van der Waals surface area contributed by atoms with Gasteiger partial charge in [-0.1, -0.05) is 11.6 Å². The summed E-state index contributed by atoms with van der Waals surface area (Å²) in [4.78, 5) is 4.00. The van der Waals surface area contributed by atoms with Crippen molar-refractivity contribution in [2.45, 2.75) is 6.42 Å². The molecule has 0 aromatic carbocycles. The van der Waals surface area contributed by atoms with Gasteiger partial charge in [0.1, 0.15) is 10.9 Å². The van der Waals surface area contributed by atoms with E-state index >= 15 is 0 Å². The highest BCUT2D eigenvalue weighted by Crippen LogP contribution is 2.24. The second-order valence-electron chi connectivity index (χ2n) is 3.61. The van der Waals surface area contributed by atoms with E-state index in [2.05, 4.69) is 26.2 Å². The van der Waals surface area contributed by atoms with Gasteiger partial charge >= 0.3 is 0 Å². The summed E-state index contributed by atoms with van der Waals surface area (Å²) in [5, 5.41) is 3.77. The zero-order chi connectivity index (χ0) is 10.7. The van der Waals surface area contributed by atoms with Crippen LogP contribution in [0.3, 0.4) is 0 Å². The molecule has 2 rings (SSSR count). The van der Waals surface area contributed by atoms with Crippen molar-refractivity contribution in [3.05, 3.63) is 21.9 Å². The van der Waals surface area contributed by atoms with E-state index in [9.17, 15) is 0 Å². The van der Waals surface area contributed by atoms with Gasteiger partial charge < -0.3 is 10.1 Å². The number of nitrogens with zero attached hydrogens (tertiary/aromatic N) is 1. The third kappa shape index (κ3) is 3.06. The molecule has 1 N–H and O–H groups in total. The summed E-state index contributed by atoms with van der Waals surface area (Å²) < 4.78 is 6.40. The predicted molar refractivity (Wildman–Crippen MR) is 63.4 cm³/mol. The molecule has 1 aliphatic rings. The summed E-state index contributed by atoms with van der Waals surface area (Å²) in [6, 6.07) is 1.84. The van der Waals surface area contributed by atoms with E-state index in [1.165, 1.54) is 6.42 Å². The van der Waals surface area contributed by atoms with E-state index in [4.69, 9.17) is 16.3 Å². The smallest absolute Gasteiger partial charge is 0.143 e. The lowest BCUT2D eigenvalue weighted by Crippen LogP contribution is -2.15. The van der Waals surface area contributed by atoms with Crippen LogP contribution in [0, 0.1) is 5.92 Å². The SMILES string of the molecule is Clc1ncc(OC[C@H]2CCNC2)cc1Br. The Morgan fingerprint density at radius 1 is 1.67 bits per heavy atom. The molecule has 0 spiro atoms. The first-order valence-electron chi connectivity index (χ1n) is 4.90. The first kappa shape index (κ1) is 11.2. The van der Waals surface area contributed by atoms with Gasteiger partial charge in [0, 0.05) is 12.5 Å². The highest BCUT2D eigenvalue weighted by molar-refractivity contribution is 9.10.